The maximum atomic E-state index is 12.4. The summed E-state index contributed by atoms with van der Waals surface area (Å²) in [6.45, 7) is 7.03. The molecule has 124 valence electrons. The topological polar surface area (TPSA) is 49.3 Å². The second kappa shape index (κ2) is 7.25. The first-order chi connectivity index (χ1) is 11.6. The molecular weight excluding hydrogens is 300 g/mol. The highest BCUT2D eigenvalue weighted by Gasteiger charge is 2.20. The number of carbonyl (C=O) groups excluding carboxylic acids is 1. The lowest BCUT2D eigenvalue weighted by molar-refractivity contribution is -0.126. The molecule has 0 aliphatic carbocycles. The van der Waals surface area contributed by atoms with E-state index in [-0.39, 0.29) is 5.91 Å². The van der Waals surface area contributed by atoms with Crippen molar-refractivity contribution in [1.29, 1.82) is 0 Å². The average Bonchev–Trinajstić information content (AvgIpc) is 2.62. The van der Waals surface area contributed by atoms with Gasteiger partial charge in [-0.2, -0.15) is 0 Å². The fourth-order valence-electron chi connectivity index (χ4n) is 2.86. The monoisotopic (exact) mass is 322 g/mol. The van der Waals surface area contributed by atoms with Crippen LogP contribution >= 0.6 is 0 Å². The number of amides is 1. The number of rotatable bonds is 3. The van der Waals surface area contributed by atoms with Gasteiger partial charge in [-0.15, -0.1) is 0 Å². The van der Waals surface area contributed by atoms with Gasteiger partial charge in [0, 0.05) is 44.6 Å². The van der Waals surface area contributed by atoms with Crippen molar-refractivity contribution < 1.29 is 4.79 Å². The standard InChI is InChI=1S/C19H22N4O/c1-15-4-5-17(16(2)14-15)6-7-18(24)22-10-12-23(13-11-22)19-20-8-3-9-21-19/h3-9,14H,10-13H2,1-2H3. The number of piperazine rings is 1. The summed E-state index contributed by atoms with van der Waals surface area (Å²) < 4.78 is 0. The Labute approximate surface area is 142 Å². The number of hydrogen-bond acceptors (Lipinski definition) is 4. The highest BCUT2D eigenvalue weighted by Crippen LogP contribution is 2.13. The minimum Gasteiger partial charge on any atom is -0.337 e. The zero-order valence-electron chi connectivity index (χ0n) is 14.1. The molecule has 5 nitrogen and oxygen atoms in total. The van der Waals surface area contributed by atoms with Gasteiger partial charge in [-0.3, -0.25) is 4.79 Å². The van der Waals surface area contributed by atoms with Gasteiger partial charge in [0.15, 0.2) is 0 Å². The normalized spacial score (nSPS) is 15.1. The van der Waals surface area contributed by atoms with Crippen LogP contribution in [0.4, 0.5) is 5.95 Å². The van der Waals surface area contributed by atoms with E-state index in [0.717, 1.165) is 24.6 Å². The van der Waals surface area contributed by atoms with Gasteiger partial charge < -0.3 is 9.80 Å². The number of anilines is 1. The number of carbonyl (C=O) groups is 1. The fraction of sp³-hybridized carbons (Fsp3) is 0.316. The Balaban J connectivity index is 1.58. The summed E-state index contributed by atoms with van der Waals surface area (Å²) in [6.07, 6.45) is 7.06. The largest absolute Gasteiger partial charge is 0.337 e. The molecule has 1 aromatic carbocycles. The minimum atomic E-state index is 0.0589. The Morgan fingerprint density at radius 3 is 2.46 bits per heavy atom. The summed E-state index contributed by atoms with van der Waals surface area (Å²) >= 11 is 0. The summed E-state index contributed by atoms with van der Waals surface area (Å²) in [5.41, 5.74) is 3.51. The van der Waals surface area contributed by atoms with E-state index < -0.39 is 0 Å². The van der Waals surface area contributed by atoms with Crippen molar-refractivity contribution in [3.8, 4) is 0 Å². The highest BCUT2D eigenvalue weighted by molar-refractivity contribution is 5.92. The van der Waals surface area contributed by atoms with Gasteiger partial charge in [-0.25, -0.2) is 9.97 Å². The van der Waals surface area contributed by atoms with Crippen molar-refractivity contribution in [1.82, 2.24) is 14.9 Å². The molecule has 5 heteroatoms. The lowest BCUT2D eigenvalue weighted by atomic mass is 10.1. The third kappa shape index (κ3) is 3.79. The van der Waals surface area contributed by atoms with Gasteiger partial charge in [-0.1, -0.05) is 23.8 Å². The van der Waals surface area contributed by atoms with Crippen LogP contribution in [-0.4, -0.2) is 47.0 Å². The number of benzene rings is 1. The first kappa shape index (κ1) is 16.2. The van der Waals surface area contributed by atoms with Crippen LogP contribution in [0, 0.1) is 13.8 Å². The van der Waals surface area contributed by atoms with Crippen LogP contribution in [-0.2, 0) is 4.79 Å². The summed E-state index contributed by atoms with van der Waals surface area (Å²) in [7, 11) is 0. The van der Waals surface area contributed by atoms with E-state index in [1.165, 1.54) is 11.1 Å². The minimum absolute atomic E-state index is 0.0589. The zero-order chi connectivity index (χ0) is 16.9. The molecule has 0 N–H and O–H groups in total. The number of aromatic nitrogens is 2. The number of hydrogen-bond donors (Lipinski definition) is 0. The van der Waals surface area contributed by atoms with Gasteiger partial charge in [0.05, 0.1) is 0 Å². The quantitative estimate of drug-likeness (QED) is 0.815. The van der Waals surface area contributed by atoms with Crippen LogP contribution in [0.2, 0.25) is 0 Å². The molecular formula is C19H22N4O. The lowest BCUT2D eigenvalue weighted by Crippen LogP contribution is -2.48. The van der Waals surface area contributed by atoms with Crippen molar-refractivity contribution in [2.75, 3.05) is 31.1 Å². The van der Waals surface area contributed by atoms with Crippen LogP contribution in [0.5, 0.6) is 0 Å². The van der Waals surface area contributed by atoms with E-state index in [9.17, 15) is 4.79 Å². The predicted octanol–water partition coefficient (Wildman–Crippen LogP) is 2.46. The molecule has 0 radical (unpaired) electrons. The molecule has 1 saturated heterocycles. The van der Waals surface area contributed by atoms with E-state index >= 15 is 0 Å². The lowest BCUT2D eigenvalue weighted by Gasteiger charge is -2.34. The Morgan fingerprint density at radius 2 is 1.79 bits per heavy atom. The molecule has 0 atom stereocenters. The highest BCUT2D eigenvalue weighted by atomic mass is 16.2. The third-order valence-corrected chi connectivity index (χ3v) is 4.26. The molecule has 1 aliphatic rings. The van der Waals surface area contributed by atoms with Crippen molar-refractivity contribution >= 4 is 17.9 Å². The molecule has 1 aromatic heterocycles. The molecule has 1 amide bonds. The second-order valence-electron chi connectivity index (χ2n) is 6.05. The Kier molecular flexibility index (Phi) is 4.89. The molecule has 1 aliphatic heterocycles. The smallest absolute Gasteiger partial charge is 0.246 e. The molecule has 0 bridgehead atoms. The number of aryl methyl sites for hydroxylation is 2. The van der Waals surface area contributed by atoms with Gasteiger partial charge in [0.25, 0.3) is 0 Å². The van der Waals surface area contributed by atoms with Crippen molar-refractivity contribution in [3.63, 3.8) is 0 Å². The summed E-state index contributed by atoms with van der Waals surface area (Å²) in [5, 5.41) is 0. The van der Waals surface area contributed by atoms with E-state index in [2.05, 4.69) is 46.9 Å². The molecule has 0 unspecified atom stereocenters. The van der Waals surface area contributed by atoms with E-state index in [1.807, 2.05) is 11.0 Å². The number of nitrogens with zero attached hydrogens (tertiary/aromatic N) is 4. The van der Waals surface area contributed by atoms with Crippen molar-refractivity contribution in [3.05, 3.63) is 59.4 Å². The van der Waals surface area contributed by atoms with Gasteiger partial charge in [-0.05, 0) is 37.1 Å². The Bertz CT molecular complexity index is 734. The molecule has 2 heterocycles. The zero-order valence-corrected chi connectivity index (χ0v) is 14.1. The third-order valence-electron chi connectivity index (χ3n) is 4.26. The maximum Gasteiger partial charge on any atom is 0.246 e. The van der Waals surface area contributed by atoms with Crippen LogP contribution in [0.15, 0.2) is 42.7 Å². The second-order valence-corrected chi connectivity index (χ2v) is 6.05. The van der Waals surface area contributed by atoms with Crippen molar-refractivity contribution in [2.45, 2.75) is 13.8 Å². The molecule has 3 rings (SSSR count). The summed E-state index contributed by atoms with van der Waals surface area (Å²) in [5.74, 6) is 0.791. The van der Waals surface area contributed by atoms with E-state index in [1.54, 1.807) is 24.5 Å². The van der Waals surface area contributed by atoms with Crippen LogP contribution in [0.25, 0.3) is 6.08 Å². The molecule has 24 heavy (non-hydrogen) atoms. The van der Waals surface area contributed by atoms with Crippen LogP contribution in [0.1, 0.15) is 16.7 Å². The molecule has 2 aromatic rings. The fourth-order valence-corrected chi connectivity index (χ4v) is 2.86. The molecule has 0 spiro atoms. The van der Waals surface area contributed by atoms with Crippen LogP contribution in [0.3, 0.4) is 0 Å². The summed E-state index contributed by atoms with van der Waals surface area (Å²) in [6, 6.07) is 8.05. The van der Waals surface area contributed by atoms with Gasteiger partial charge in [0.1, 0.15) is 0 Å². The first-order valence-corrected chi connectivity index (χ1v) is 8.20. The van der Waals surface area contributed by atoms with Crippen molar-refractivity contribution in [2.24, 2.45) is 0 Å². The predicted molar refractivity (Wildman–Crippen MR) is 95.8 cm³/mol. The first-order valence-electron chi connectivity index (χ1n) is 8.20. The summed E-state index contributed by atoms with van der Waals surface area (Å²) in [4.78, 5) is 24.9. The SMILES string of the molecule is Cc1ccc(C=CC(=O)N2CCN(c3ncccn3)CC2)c(C)c1. The van der Waals surface area contributed by atoms with E-state index in [4.69, 9.17) is 0 Å². The Hall–Kier alpha value is -2.69. The maximum absolute atomic E-state index is 12.4. The molecule has 1 fully saturated rings. The van der Waals surface area contributed by atoms with Crippen LogP contribution < -0.4 is 4.90 Å². The average molecular weight is 322 g/mol. The van der Waals surface area contributed by atoms with Gasteiger partial charge in [0.2, 0.25) is 11.9 Å². The Morgan fingerprint density at radius 1 is 1.08 bits per heavy atom. The van der Waals surface area contributed by atoms with E-state index in [0.29, 0.717) is 13.1 Å². The molecule has 0 saturated carbocycles. The van der Waals surface area contributed by atoms with Gasteiger partial charge >= 0.3 is 0 Å².